The van der Waals surface area contributed by atoms with Crippen LogP contribution < -0.4 is 5.32 Å². The second-order valence-corrected chi connectivity index (χ2v) is 6.79. The highest BCUT2D eigenvalue weighted by Crippen LogP contribution is 2.33. The van der Waals surface area contributed by atoms with Crippen molar-refractivity contribution in [3.63, 3.8) is 0 Å². The Bertz CT molecular complexity index is 953. The second kappa shape index (κ2) is 7.64. The minimum Gasteiger partial charge on any atom is -0.339 e. The first-order valence-corrected chi connectivity index (χ1v) is 8.76. The Morgan fingerprint density at radius 3 is 2.64 bits per heavy atom. The quantitative estimate of drug-likeness (QED) is 0.809. The molecule has 0 bridgehead atoms. The maximum Gasteiger partial charge on any atom is 0.434 e. The third-order valence-corrected chi connectivity index (χ3v) is 4.89. The van der Waals surface area contributed by atoms with E-state index in [2.05, 4.69) is 15.3 Å². The number of anilines is 2. The Balaban J connectivity index is 1.93. The molecule has 1 aromatic carbocycles. The molecule has 146 valence electrons. The molecule has 1 aromatic heterocycles. The van der Waals surface area contributed by atoms with E-state index < -0.39 is 23.3 Å². The van der Waals surface area contributed by atoms with Crippen LogP contribution in [0.25, 0.3) is 0 Å². The Hall–Kier alpha value is -2.86. The fourth-order valence-electron chi connectivity index (χ4n) is 2.75. The third-order valence-electron chi connectivity index (χ3n) is 4.58. The van der Waals surface area contributed by atoms with Crippen LogP contribution in [-0.2, 0) is 6.18 Å². The monoisotopic (exact) mass is 409 g/mol. The average molecular weight is 410 g/mol. The lowest BCUT2D eigenvalue weighted by Crippen LogP contribution is -2.42. The van der Waals surface area contributed by atoms with E-state index in [1.807, 2.05) is 6.07 Å². The number of amides is 1. The minimum atomic E-state index is -4.83. The SMILES string of the molecule is CN(C(=O)c1cnc(Nc2ccc(C#N)cc2Cl)nc1C(F)(F)F)C1CCC1. The van der Waals surface area contributed by atoms with E-state index in [0.29, 0.717) is 5.56 Å². The zero-order chi connectivity index (χ0) is 20.5. The van der Waals surface area contributed by atoms with Crippen molar-refractivity contribution < 1.29 is 18.0 Å². The van der Waals surface area contributed by atoms with Crippen molar-refractivity contribution in [3.05, 3.63) is 46.2 Å². The maximum atomic E-state index is 13.5. The van der Waals surface area contributed by atoms with Gasteiger partial charge in [-0.05, 0) is 37.5 Å². The number of alkyl halides is 3. The van der Waals surface area contributed by atoms with Crippen LogP contribution >= 0.6 is 11.6 Å². The van der Waals surface area contributed by atoms with Gasteiger partial charge in [-0.3, -0.25) is 4.79 Å². The average Bonchev–Trinajstić information content (AvgIpc) is 2.60. The highest BCUT2D eigenvalue weighted by molar-refractivity contribution is 6.33. The molecule has 1 amide bonds. The first kappa shape index (κ1) is 19.9. The number of benzene rings is 1. The van der Waals surface area contributed by atoms with E-state index in [-0.39, 0.29) is 22.7 Å². The van der Waals surface area contributed by atoms with Gasteiger partial charge in [0.2, 0.25) is 5.95 Å². The number of hydrogen-bond acceptors (Lipinski definition) is 5. The van der Waals surface area contributed by atoms with Gasteiger partial charge in [-0.2, -0.15) is 18.4 Å². The molecule has 6 nitrogen and oxygen atoms in total. The van der Waals surface area contributed by atoms with Crippen molar-refractivity contribution in [2.75, 3.05) is 12.4 Å². The fourth-order valence-corrected chi connectivity index (χ4v) is 2.98. The van der Waals surface area contributed by atoms with Crippen molar-refractivity contribution in [2.24, 2.45) is 0 Å². The van der Waals surface area contributed by atoms with Gasteiger partial charge in [0, 0.05) is 19.3 Å². The van der Waals surface area contributed by atoms with Crippen LogP contribution in [0.5, 0.6) is 0 Å². The summed E-state index contributed by atoms with van der Waals surface area (Å²) in [5.74, 6) is -1.12. The predicted octanol–water partition coefficient (Wildman–Crippen LogP) is 4.39. The molecule has 0 saturated heterocycles. The Morgan fingerprint density at radius 1 is 1.39 bits per heavy atom. The Labute approximate surface area is 164 Å². The summed E-state index contributed by atoms with van der Waals surface area (Å²) in [5, 5.41) is 11.6. The van der Waals surface area contributed by atoms with Crippen molar-refractivity contribution >= 4 is 29.1 Å². The summed E-state index contributed by atoms with van der Waals surface area (Å²) in [6, 6.07) is 6.08. The molecular weight excluding hydrogens is 395 g/mol. The Morgan fingerprint density at radius 2 is 2.11 bits per heavy atom. The summed E-state index contributed by atoms with van der Waals surface area (Å²) in [4.78, 5) is 21.2. The molecule has 0 radical (unpaired) electrons. The molecule has 3 rings (SSSR count). The molecule has 0 aliphatic heterocycles. The number of carbonyl (C=O) groups excluding carboxylic acids is 1. The van der Waals surface area contributed by atoms with Crippen LogP contribution in [0, 0.1) is 11.3 Å². The van der Waals surface area contributed by atoms with Crippen molar-refractivity contribution in [1.82, 2.24) is 14.9 Å². The lowest BCUT2D eigenvalue weighted by Gasteiger charge is -2.35. The van der Waals surface area contributed by atoms with Gasteiger partial charge in [-0.1, -0.05) is 11.6 Å². The molecule has 10 heteroatoms. The summed E-state index contributed by atoms with van der Waals surface area (Å²) in [6.07, 6.45) is -1.49. The van der Waals surface area contributed by atoms with Gasteiger partial charge >= 0.3 is 6.18 Å². The number of rotatable bonds is 4. The maximum absolute atomic E-state index is 13.5. The van der Waals surface area contributed by atoms with Crippen LogP contribution in [0.1, 0.15) is 40.9 Å². The van der Waals surface area contributed by atoms with E-state index in [0.717, 1.165) is 25.5 Å². The number of nitriles is 1. The van der Waals surface area contributed by atoms with Gasteiger partial charge in [0.15, 0.2) is 5.69 Å². The summed E-state index contributed by atoms with van der Waals surface area (Å²) >= 11 is 6.02. The van der Waals surface area contributed by atoms with Crippen LogP contribution in [0.4, 0.5) is 24.8 Å². The van der Waals surface area contributed by atoms with Gasteiger partial charge < -0.3 is 10.2 Å². The van der Waals surface area contributed by atoms with Crippen LogP contribution in [0.15, 0.2) is 24.4 Å². The van der Waals surface area contributed by atoms with Crippen molar-refractivity contribution in [2.45, 2.75) is 31.5 Å². The fraction of sp³-hybridized carbons (Fsp3) is 0.333. The van der Waals surface area contributed by atoms with E-state index in [1.165, 1.54) is 30.1 Å². The molecular formula is C18H15ClF3N5O. The number of nitrogens with one attached hydrogen (secondary N) is 1. The van der Waals surface area contributed by atoms with Crippen LogP contribution in [-0.4, -0.2) is 33.9 Å². The molecule has 0 unspecified atom stereocenters. The number of carbonyl (C=O) groups is 1. The van der Waals surface area contributed by atoms with E-state index in [4.69, 9.17) is 16.9 Å². The predicted molar refractivity (Wildman–Crippen MR) is 96.2 cm³/mol. The van der Waals surface area contributed by atoms with Gasteiger partial charge in [-0.25, -0.2) is 9.97 Å². The zero-order valence-corrected chi connectivity index (χ0v) is 15.5. The molecule has 0 atom stereocenters. The van der Waals surface area contributed by atoms with E-state index in [9.17, 15) is 18.0 Å². The smallest absolute Gasteiger partial charge is 0.339 e. The molecule has 1 aliphatic carbocycles. The molecule has 28 heavy (non-hydrogen) atoms. The molecule has 1 saturated carbocycles. The minimum absolute atomic E-state index is 0.0659. The zero-order valence-electron chi connectivity index (χ0n) is 14.7. The normalized spacial score (nSPS) is 14.1. The van der Waals surface area contributed by atoms with Gasteiger partial charge in [0.1, 0.15) is 0 Å². The molecule has 1 fully saturated rings. The number of nitrogens with zero attached hydrogens (tertiary/aromatic N) is 4. The van der Waals surface area contributed by atoms with E-state index >= 15 is 0 Å². The van der Waals surface area contributed by atoms with Gasteiger partial charge in [0.05, 0.1) is 27.9 Å². The van der Waals surface area contributed by atoms with Crippen LogP contribution in [0.3, 0.4) is 0 Å². The van der Waals surface area contributed by atoms with Gasteiger partial charge in [-0.15, -0.1) is 0 Å². The van der Waals surface area contributed by atoms with E-state index in [1.54, 1.807) is 0 Å². The number of hydrogen-bond donors (Lipinski definition) is 1. The largest absolute Gasteiger partial charge is 0.434 e. The molecule has 1 aliphatic rings. The lowest BCUT2D eigenvalue weighted by atomic mass is 9.91. The molecule has 2 aromatic rings. The highest BCUT2D eigenvalue weighted by atomic mass is 35.5. The first-order chi connectivity index (χ1) is 13.2. The van der Waals surface area contributed by atoms with Crippen molar-refractivity contribution in [3.8, 4) is 6.07 Å². The standard InChI is InChI=1S/C18H15ClF3N5O/c1-27(11-3-2-4-11)16(28)12-9-24-17(26-15(12)18(20,21)22)25-14-6-5-10(8-23)7-13(14)19/h5-7,9,11H,2-4H2,1H3,(H,24,25,26). The third kappa shape index (κ3) is 4.02. The first-order valence-electron chi connectivity index (χ1n) is 8.38. The summed E-state index contributed by atoms with van der Waals surface area (Å²) in [5.41, 5.74) is -1.38. The summed E-state index contributed by atoms with van der Waals surface area (Å²) < 4.78 is 40.5. The summed E-state index contributed by atoms with van der Waals surface area (Å²) in [6.45, 7) is 0. The molecule has 1 N–H and O–H groups in total. The second-order valence-electron chi connectivity index (χ2n) is 6.39. The highest BCUT2D eigenvalue weighted by Gasteiger charge is 2.40. The molecule has 1 heterocycles. The number of aromatic nitrogens is 2. The van der Waals surface area contributed by atoms with Crippen LogP contribution in [0.2, 0.25) is 5.02 Å². The topological polar surface area (TPSA) is 81.9 Å². The lowest BCUT2D eigenvalue weighted by molar-refractivity contribution is -0.141. The number of halogens is 4. The summed E-state index contributed by atoms with van der Waals surface area (Å²) in [7, 11) is 1.48. The molecule has 0 spiro atoms. The van der Waals surface area contributed by atoms with Gasteiger partial charge in [0.25, 0.3) is 5.91 Å². The Kier molecular flexibility index (Phi) is 5.42. The van der Waals surface area contributed by atoms with Crippen molar-refractivity contribution in [1.29, 1.82) is 5.26 Å².